The molecule has 1 aromatic carbocycles. The van der Waals surface area contributed by atoms with E-state index in [-0.39, 0.29) is 5.91 Å². The second-order valence-electron chi connectivity index (χ2n) is 4.86. The van der Waals surface area contributed by atoms with E-state index in [1.165, 1.54) is 12.8 Å². The minimum atomic E-state index is 0.0591. The molecule has 0 radical (unpaired) electrons. The van der Waals surface area contributed by atoms with Crippen LogP contribution in [0.4, 0.5) is 5.69 Å². The van der Waals surface area contributed by atoms with Gasteiger partial charge in [0.2, 0.25) is 5.91 Å². The van der Waals surface area contributed by atoms with Gasteiger partial charge in [-0.25, -0.2) is 0 Å². The number of benzene rings is 1. The Balaban J connectivity index is 2.30. The summed E-state index contributed by atoms with van der Waals surface area (Å²) in [5.41, 5.74) is 7.43. The topological polar surface area (TPSA) is 58.4 Å². The minimum Gasteiger partial charge on any atom is -0.326 e. The molecule has 4 nitrogen and oxygen atoms in total. The molecule has 0 bridgehead atoms. The van der Waals surface area contributed by atoms with Gasteiger partial charge in [-0.1, -0.05) is 25.5 Å². The number of unbranched alkanes of at least 4 members (excludes halogenated alkanes) is 1. The lowest BCUT2D eigenvalue weighted by Crippen LogP contribution is -2.25. The number of rotatable bonds is 8. The molecule has 0 aromatic heterocycles. The van der Waals surface area contributed by atoms with E-state index in [2.05, 4.69) is 24.2 Å². The molecule has 4 heteroatoms. The van der Waals surface area contributed by atoms with E-state index in [4.69, 9.17) is 5.73 Å². The average molecular weight is 263 g/mol. The van der Waals surface area contributed by atoms with E-state index < -0.39 is 0 Å². The van der Waals surface area contributed by atoms with Crippen molar-refractivity contribution < 1.29 is 4.79 Å². The third-order valence-corrected chi connectivity index (χ3v) is 3.09. The zero-order chi connectivity index (χ0) is 14.1. The van der Waals surface area contributed by atoms with Crippen molar-refractivity contribution in [1.82, 2.24) is 4.90 Å². The average Bonchev–Trinajstić information content (AvgIpc) is 2.43. The maximum atomic E-state index is 11.8. The van der Waals surface area contributed by atoms with Crippen molar-refractivity contribution in [1.29, 1.82) is 0 Å². The lowest BCUT2D eigenvalue weighted by atomic mass is 10.2. The van der Waals surface area contributed by atoms with E-state index in [1.807, 2.05) is 24.3 Å². The number of anilines is 1. The van der Waals surface area contributed by atoms with Crippen LogP contribution in [0.25, 0.3) is 0 Å². The van der Waals surface area contributed by atoms with Crippen molar-refractivity contribution in [2.24, 2.45) is 5.73 Å². The quantitative estimate of drug-likeness (QED) is 0.756. The Morgan fingerprint density at radius 3 is 2.53 bits per heavy atom. The number of carbonyl (C=O) groups is 1. The normalized spacial score (nSPS) is 10.7. The zero-order valence-electron chi connectivity index (χ0n) is 12.0. The summed E-state index contributed by atoms with van der Waals surface area (Å²) in [7, 11) is 2.05. The Morgan fingerprint density at radius 2 is 1.95 bits per heavy atom. The molecule has 1 amide bonds. The molecule has 0 unspecified atom stereocenters. The van der Waals surface area contributed by atoms with Gasteiger partial charge < -0.3 is 16.0 Å². The first-order chi connectivity index (χ1) is 9.15. The molecule has 0 atom stereocenters. The molecule has 1 rings (SSSR count). The van der Waals surface area contributed by atoms with Gasteiger partial charge >= 0.3 is 0 Å². The maximum absolute atomic E-state index is 11.8. The lowest BCUT2D eigenvalue weighted by molar-refractivity contribution is -0.116. The van der Waals surface area contributed by atoms with Gasteiger partial charge in [0.05, 0.1) is 0 Å². The molecular weight excluding hydrogens is 238 g/mol. The van der Waals surface area contributed by atoms with E-state index in [0.717, 1.165) is 24.3 Å². The van der Waals surface area contributed by atoms with Crippen LogP contribution in [0.15, 0.2) is 24.3 Å². The van der Waals surface area contributed by atoms with Crippen molar-refractivity contribution in [3.05, 3.63) is 29.8 Å². The van der Waals surface area contributed by atoms with E-state index in [0.29, 0.717) is 13.0 Å². The first-order valence-corrected chi connectivity index (χ1v) is 6.93. The molecule has 0 aliphatic heterocycles. The Bertz CT molecular complexity index is 375. The van der Waals surface area contributed by atoms with Crippen LogP contribution in [0.2, 0.25) is 0 Å². The largest absolute Gasteiger partial charge is 0.326 e. The fourth-order valence-electron chi connectivity index (χ4n) is 1.78. The summed E-state index contributed by atoms with van der Waals surface area (Å²) in [5, 5.41) is 2.90. The molecule has 1 aromatic rings. The highest BCUT2D eigenvalue weighted by atomic mass is 16.1. The SMILES string of the molecule is CCCCN(C)CCC(=O)Nc1ccc(CN)cc1. The number of nitrogens with zero attached hydrogens (tertiary/aromatic N) is 1. The van der Waals surface area contributed by atoms with Crippen molar-refractivity contribution in [3.8, 4) is 0 Å². The highest BCUT2D eigenvalue weighted by molar-refractivity contribution is 5.90. The standard InChI is InChI=1S/C15H25N3O/c1-3-4-10-18(2)11-9-15(19)17-14-7-5-13(12-16)6-8-14/h5-8H,3-4,9-12,16H2,1-2H3,(H,17,19). The van der Waals surface area contributed by atoms with Gasteiger partial charge in [0, 0.05) is 25.2 Å². The van der Waals surface area contributed by atoms with Crippen LogP contribution >= 0.6 is 0 Å². The molecule has 3 N–H and O–H groups in total. The number of nitrogens with two attached hydrogens (primary N) is 1. The smallest absolute Gasteiger partial charge is 0.225 e. The summed E-state index contributed by atoms with van der Waals surface area (Å²) in [6, 6.07) is 7.65. The van der Waals surface area contributed by atoms with Gasteiger partial charge in [-0.05, 0) is 37.7 Å². The Labute approximate surface area is 116 Å². The van der Waals surface area contributed by atoms with Gasteiger partial charge in [0.15, 0.2) is 0 Å². The van der Waals surface area contributed by atoms with Crippen molar-refractivity contribution in [3.63, 3.8) is 0 Å². The van der Waals surface area contributed by atoms with Gasteiger partial charge in [-0.2, -0.15) is 0 Å². The van der Waals surface area contributed by atoms with Crippen molar-refractivity contribution >= 4 is 11.6 Å². The summed E-state index contributed by atoms with van der Waals surface area (Å²) in [4.78, 5) is 14.0. The molecule has 0 heterocycles. The van der Waals surface area contributed by atoms with Crippen LogP contribution in [0.3, 0.4) is 0 Å². The van der Waals surface area contributed by atoms with Crippen LogP contribution in [0.5, 0.6) is 0 Å². The zero-order valence-corrected chi connectivity index (χ0v) is 12.0. The molecule has 19 heavy (non-hydrogen) atoms. The third kappa shape index (κ3) is 6.36. The van der Waals surface area contributed by atoms with Gasteiger partial charge in [0.1, 0.15) is 0 Å². The highest BCUT2D eigenvalue weighted by Gasteiger charge is 2.04. The van der Waals surface area contributed by atoms with Crippen LogP contribution in [-0.2, 0) is 11.3 Å². The summed E-state index contributed by atoms with van der Waals surface area (Å²) < 4.78 is 0. The van der Waals surface area contributed by atoms with Crippen LogP contribution < -0.4 is 11.1 Å². The predicted octanol–water partition coefficient (Wildman–Crippen LogP) is 2.21. The second-order valence-corrected chi connectivity index (χ2v) is 4.86. The van der Waals surface area contributed by atoms with Crippen LogP contribution in [-0.4, -0.2) is 30.9 Å². The van der Waals surface area contributed by atoms with Gasteiger partial charge in [-0.3, -0.25) is 4.79 Å². The second kappa shape index (κ2) is 8.67. The monoisotopic (exact) mass is 263 g/mol. The third-order valence-electron chi connectivity index (χ3n) is 3.09. The predicted molar refractivity (Wildman–Crippen MR) is 80.0 cm³/mol. The summed E-state index contributed by atoms with van der Waals surface area (Å²) in [5.74, 6) is 0.0591. The molecule has 0 aliphatic carbocycles. The first-order valence-electron chi connectivity index (χ1n) is 6.93. The minimum absolute atomic E-state index is 0.0591. The summed E-state index contributed by atoms with van der Waals surface area (Å²) >= 11 is 0. The van der Waals surface area contributed by atoms with Crippen molar-refractivity contribution in [2.45, 2.75) is 32.7 Å². The molecule has 0 saturated carbocycles. The van der Waals surface area contributed by atoms with E-state index in [9.17, 15) is 4.79 Å². The number of hydrogen-bond donors (Lipinski definition) is 2. The molecule has 0 aliphatic rings. The fraction of sp³-hybridized carbons (Fsp3) is 0.533. The number of hydrogen-bond acceptors (Lipinski definition) is 3. The molecular formula is C15H25N3O. The van der Waals surface area contributed by atoms with Crippen molar-refractivity contribution in [2.75, 3.05) is 25.5 Å². The summed E-state index contributed by atoms with van der Waals surface area (Å²) in [6.45, 7) is 4.55. The highest BCUT2D eigenvalue weighted by Crippen LogP contribution is 2.09. The van der Waals surface area contributed by atoms with Gasteiger partial charge in [-0.15, -0.1) is 0 Å². The Hall–Kier alpha value is -1.39. The number of nitrogens with one attached hydrogen (secondary N) is 1. The van der Waals surface area contributed by atoms with Crippen LogP contribution in [0.1, 0.15) is 31.7 Å². The Morgan fingerprint density at radius 1 is 1.26 bits per heavy atom. The van der Waals surface area contributed by atoms with E-state index >= 15 is 0 Å². The maximum Gasteiger partial charge on any atom is 0.225 e. The molecule has 0 fully saturated rings. The van der Waals surface area contributed by atoms with E-state index in [1.54, 1.807) is 0 Å². The summed E-state index contributed by atoms with van der Waals surface area (Å²) in [6.07, 6.45) is 2.89. The van der Waals surface area contributed by atoms with Gasteiger partial charge in [0.25, 0.3) is 0 Å². The molecule has 106 valence electrons. The number of carbonyl (C=O) groups excluding carboxylic acids is 1. The molecule has 0 saturated heterocycles. The fourth-order valence-corrected chi connectivity index (χ4v) is 1.78. The van der Waals surface area contributed by atoms with Crippen LogP contribution in [0, 0.1) is 0 Å². The number of amides is 1. The Kier molecular flexibility index (Phi) is 7.15. The molecule has 0 spiro atoms. The first kappa shape index (κ1) is 15.7. The lowest BCUT2D eigenvalue weighted by Gasteiger charge is -2.15.